The molecule has 0 bridgehead atoms. The third-order valence-corrected chi connectivity index (χ3v) is 3.95. The SMILES string of the molecule is CCCc1c(NN)ncnc1NC(C)CN1CCCCC1. The van der Waals surface area contributed by atoms with Gasteiger partial charge in [0.25, 0.3) is 0 Å². The lowest BCUT2D eigenvalue weighted by Crippen LogP contribution is -2.38. The van der Waals surface area contributed by atoms with Gasteiger partial charge >= 0.3 is 0 Å². The molecule has 0 radical (unpaired) electrons. The van der Waals surface area contributed by atoms with Crippen molar-refractivity contribution >= 4 is 11.6 Å². The van der Waals surface area contributed by atoms with E-state index in [1.54, 1.807) is 6.33 Å². The summed E-state index contributed by atoms with van der Waals surface area (Å²) in [5.41, 5.74) is 3.75. The number of nitrogens with zero attached hydrogens (tertiary/aromatic N) is 3. The molecule has 1 aromatic heterocycles. The average Bonchev–Trinajstić information content (AvgIpc) is 2.50. The van der Waals surface area contributed by atoms with Crippen molar-refractivity contribution < 1.29 is 0 Å². The van der Waals surface area contributed by atoms with E-state index in [2.05, 4.69) is 39.5 Å². The third kappa shape index (κ3) is 4.54. The van der Waals surface area contributed by atoms with E-state index < -0.39 is 0 Å². The minimum absolute atomic E-state index is 0.360. The van der Waals surface area contributed by atoms with Crippen molar-refractivity contribution in [3.63, 3.8) is 0 Å². The van der Waals surface area contributed by atoms with Crippen LogP contribution in [-0.2, 0) is 6.42 Å². The van der Waals surface area contributed by atoms with E-state index >= 15 is 0 Å². The van der Waals surface area contributed by atoms with Gasteiger partial charge in [-0.05, 0) is 39.3 Å². The molecule has 2 rings (SSSR count). The largest absolute Gasteiger partial charge is 0.366 e. The molecule has 0 aromatic carbocycles. The number of nitrogens with two attached hydrogens (primary N) is 1. The molecule has 1 saturated heterocycles. The summed E-state index contributed by atoms with van der Waals surface area (Å²) in [5, 5.41) is 3.53. The first-order valence-corrected chi connectivity index (χ1v) is 8.04. The van der Waals surface area contributed by atoms with Crippen LogP contribution in [0.2, 0.25) is 0 Å². The van der Waals surface area contributed by atoms with Crippen LogP contribution >= 0.6 is 0 Å². The maximum Gasteiger partial charge on any atom is 0.148 e. The van der Waals surface area contributed by atoms with Crippen LogP contribution in [0.4, 0.5) is 11.6 Å². The monoisotopic (exact) mass is 292 g/mol. The van der Waals surface area contributed by atoms with Crippen molar-refractivity contribution in [3.8, 4) is 0 Å². The van der Waals surface area contributed by atoms with Crippen LogP contribution in [0, 0.1) is 0 Å². The Hall–Kier alpha value is -1.40. The summed E-state index contributed by atoms with van der Waals surface area (Å²) in [6.45, 7) is 7.84. The second-order valence-corrected chi connectivity index (χ2v) is 5.85. The van der Waals surface area contributed by atoms with Gasteiger partial charge in [-0.2, -0.15) is 0 Å². The second-order valence-electron chi connectivity index (χ2n) is 5.85. The van der Waals surface area contributed by atoms with Gasteiger partial charge < -0.3 is 15.6 Å². The number of nitrogen functional groups attached to an aromatic ring is 1. The molecule has 2 heterocycles. The molecule has 0 spiro atoms. The number of nitrogens with one attached hydrogen (secondary N) is 2. The lowest BCUT2D eigenvalue weighted by Gasteiger charge is -2.29. The van der Waals surface area contributed by atoms with E-state index in [4.69, 9.17) is 5.84 Å². The number of anilines is 2. The van der Waals surface area contributed by atoms with Gasteiger partial charge in [-0.1, -0.05) is 19.8 Å². The van der Waals surface area contributed by atoms with E-state index in [0.29, 0.717) is 6.04 Å². The third-order valence-electron chi connectivity index (χ3n) is 3.95. The van der Waals surface area contributed by atoms with Crippen molar-refractivity contribution in [1.29, 1.82) is 0 Å². The zero-order chi connectivity index (χ0) is 15.1. The molecule has 1 aliphatic rings. The van der Waals surface area contributed by atoms with Crippen molar-refractivity contribution in [1.82, 2.24) is 14.9 Å². The normalized spacial score (nSPS) is 17.5. The Balaban J connectivity index is 2.00. The van der Waals surface area contributed by atoms with Crippen LogP contribution < -0.4 is 16.6 Å². The standard InChI is InChI=1S/C15H28N6/c1-3-7-13-14(17-11-18-15(13)20-16)19-12(2)10-21-8-5-4-6-9-21/h11-12H,3-10,16H2,1-2H3,(H2,17,18,19,20). The Morgan fingerprint density at radius 3 is 2.62 bits per heavy atom. The van der Waals surface area contributed by atoms with Crippen molar-refractivity contribution in [2.45, 2.75) is 52.0 Å². The first kappa shape index (κ1) is 16.0. The summed E-state index contributed by atoms with van der Waals surface area (Å²) in [7, 11) is 0. The smallest absolute Gasteiger partial charge is 0.148 e. The molecule has 6 nitrogen and oxygen atoms in total. The Bertz CT molecular complexity index is 430. The predicted molar refractivity (Wildman–Crippen MR) is 87.2 cm³/mol. The van der Waals surface area contributed by atoms with Crippen LogP contribution in [0.25, 0.3) is 0 Å². The van der Waals surface area contributed by atoms with Gasteiger partial charge in [-0.15, -0.1) is 0 Å². The first-order valence-electron chi connectivity index (χ1n) is 8.04. The van der Waals surface area contributed by atoms with Gasteiger partial charge in [-0.3, -0.25) is 0 Å². The van der Waals surface area contributed by atoms with Gasteiger partial charge in [0, 0.05) is 18.2 Å². The molecule has 1 aliphatic heterocycles. The molecule has 0 aliphatic carbocycles. The van der Waals surface area contributed by atoms with Gasteiger partial charge in [0.05, 0.1) is 0 Å². The summed E-state index contributed by atoms with van der Waals surface area (Å²) in [4.78, 5) is 11.1. The molecule has 0 saturated carbocycles. The predicted octanol–water partition coefficient (Wildman–Crippen LogP) is 2.00. The van der Waals surface area contributed by atoms with Gasteiger partial charge in [0.15, 0.2) is 0 Å². The van der Waals surface area contributed by atoms with Crippen LogP contribution in [0.3, 0.4) is 0 Å². The van der Waals surface area contributed by atoms with E-state index in [9.17, 15) is 0 Å². The van der Waals surface area contributed by atoms with Crippen molar-refractivity contribution in [2.24, 2.45) is 5.84 Å². The summed E-state index contributed by atoms with van der Waals surface area (Å²) in [6.07, 6.45) is 7.53. The molecule has 1 unspecified atom stereocenters. The molecule has 1 aromatic rings. The second kappa shape index (κ2) is 8.14. The number of likely N-dealkylation sites (tertiary alicyclic amines) is 1. The minimum atomic E-state index is 0.360. The molecule has 1 fully saturated rings. The summed E-state index contributed by atoms with van der Waals surface area (Å²) >= 11 is 0. The van der Waals surface area contributed by atoms with Gasteiger partial charge in [0.2, 0.25) is 0 Å². The molecule has 0 amide bonds. The van der Waals surface area contributed by atoms with E-state index in [-0.39, 0.29) is 0 Å². The Kier molecular flexibility index (Phi) is 6.20. The highest BCUT2D eigenvalue weighted by Crippen LogP contribution is 2.21. The number of aromatic nitrogens is 2. The van der Waals surface area contributed by atoms with Crippen molar-refractivity contribution in [2.75, 3.05) is 30.4 Å². The van der Waals surface area contributed by atoms with E-state index in [1.165, 1.54) is 32.4 Å². The fraction of sp³-hybridized carbons (Fsp3) is 0.733. The quantitative estimate of drug-likeness (QED) is 0.527. The highest BCUT2D eigenvalue weighted by Gasteiger charge is 2.16. The van der Waals surface area contributed by atoms with Gasteiger partial charge in [-0.25, -0.2) is 15.8 Å². The van der Waals surface area contributed by atoms with E-state index in [1.807, 2.05) is 0 Å². The number of piperidine rings is 1. The van der Waals surface area contributed by atoms with Crippen LogP contribution in [0.5, 0.6) is 0 Å². The fourth-order valence-corrected chi connectivity index (χ4v) is 2.96. The molecular formula is C15H28N6. The molecule has 1 atom stereocenters. The lowest BCUT2D eigenvalue weighted by atomic mass is 10.1. The van der Waals surface area contributed by atoms with Crippen LogP contribution in [0.1, 0.15) is 45.1 Å². The van der Waals surface area contributed by atoms with Gasteiger partial charge in [0.1, 0.15) is 18.0 Å². The maximum atomic E-state index is 5.55. The Labute approximate surface area is 127 Å². The summed E-state index contributed by atoms with van der Waals surface area (Å²) in [6, 6.07) is 0.360. The molecular weight excluding hydrogens is 264 g/mol. The Morgan fingerprint density at radius 1 is 1.24 bits per heavy atom. The maximum absolute atomic E-state index is 5.55. The topological polar surface area (TPSA) is 79.1 Å². The van der Waals surface area contributed by atoms with Crippen LogP contribution in [0.15, 0.2) is 6.33 Å². The summed E-state index contributed by atoms with van der Waals surface area (Å²) in [5.74, 6) is 7.18. The fourth-order valence-electron chi connectivity index (χ4n) is 2.96. The zero-order valence-electron chi connectivity index (χ0n) is 13.2. The average molecular weight is 292 g/mol. The molecule has 21 heavy (non-hydrogen) atoms. The minimum Gasteiger partial charge on any atom is -0.366 e. The first-order chi connectivity index (χ1) is 10.2. The Morgan fingerprint density at radius 2 is 1.95 bits per heavy atom. The molecule has 4 N–H and O–H groups in total. The zero-order valence-corrected chi connectivity index (χ0v) is 13.2. The summed E-state index contributed by atoms with van der Waals surface area (Å²) < 4.78 is 0. The molecule has 6 heteroatoms. The lowest BCUT2D eigenvalue weighted by molar-refractivity contribution is 0.223. The highest BCUT2D eigenvalue weighted by molar-refractivity contribution is 5.57. The highest BCUT2D eigenvalue weighted by atomic mass is 15.3. The number of hydrogen-bond donors (Lipinski definition) is 3. The molecule has 118 valence electrons. The van der Waals surface area contributed by atoms with Crippen molar-refractivity contribution in [3.05, 3.63) is 11.9 Å². The number of hydrazine groups is 1. The van der Waals surface area contributed by atoms with Crippen LogP contribution in [-0.4, -0.2) is 40.5 Å². The number of hydrogen-bond acceptors (Lipinski definition) is 6. The van der Waals surface area contributed by atoms with E-state index in [0.717, 1.165) is 36.6 Å². The number of rotatable bonds is 7.